The van der Waals surface area contributed by atoms with Gasteiger partial charge in [0.25, 0.3) is 0 Å². The molecule has 2 aromatic rings. The third kappa shape index (κ3) is 5.96. The van der Waals surface area contributed by atoms with Gasteiger partial charge in [0.15, 0.2) is 0 Å². The van der Waals surface area contributed by atoms with Crippen molar-refractivity contribution in [3.63, 3.8) is 0 Å². The molecular formula is C18H21NO5S2. The standard InChI is InChI=1S/C18H21NO5S2/c1-3-24-18(21)14-12-15(13-8-5-4-6-9-13)25-17(14)19-16(20)10-7-11-26(2,22)23/h4-6,8-9,12H,3,7,10-11H2,1-2H3,(H,19,20). The zero-order chi connectivity index (χ0) is 19.2. The molecule has 0 bridgehead atoms. The first-order chi connectivity index (χ1) is 12.3. The van der Waals surface area contributed by atoms with Crippen LogP contribution in [0.1, 0.15) is 30.1 Å². The summed E-state index contributed by atoms with van der Waals surface area (Å²) in [7, 11) is -3.11. The fourth-order valence-corrected chi connectivity index (χ4v) is 4.01. The molecule has 1 aromatic carbocycles. The van der Waals surface area contributed by atoms with E-state index in [4.69, 9.17) is 4.74 Å². The summed E-state index contributed by atoms with van der Waals surface area (Å²) in [6.07, 6.45) is 1.43. The van der Waals surface area contributed by atoms with Crippen molar-refractivity contribution in [2.45, 2.75) is 19.8 Å². The predicted molar refractivity (Wildman–Crippen MR) is 103 cm³/mol. The van der Waals surface area contributed by atoms with Crippen molar-refractivity contribution in [1.29, 1.82) is 0 Å². The Bertz CT molecular complexity index is 872. The number of hydrogen-bond acceptors (Lipinski definition) is 6. The van der Waals surface area contributed by atoms with Gasteiger partial charge in [0.05, 0.1) is 17.9 Å². The van der Waals surface area contributed by atoms with E-state index in [2.05, 4.69) is 5.32 Å². The number of hydrogen-bond donors (Lipinski definition) is 1. The summed E-state index contributed by atoms with van der Waals surface area (Å²) in [4.78, 5) is 25.1. The topological polar surface area (TPSA) is 89.5 Å². The minimum Gasteiger partial charge on any atom is -0.462 e. The molecule has 0 atom stereocenters. The number of ether oxygens (including phenoxy) is 1. The van der Waals surface area contributed by atoms with Gasteiger partial charge in [-0.3, -0.25) is 4.79 Å². The Morgan fingerprint density at radius 1 is 1.19 bits per heavy atom. The number of sulfone groups is 1. The van der Waals surface area contributed by atoms with Crippen molar-refractivity contribution in [2.24, 2.45) is 0 Å². The molecule has 1 heterocycles. The van der Waals surface area contributed by atoms with Gasteiger partial charge in [0.2, 0.25) is 5.91 Å². The molecule has 0 unspecified atom stereocenters. The van der Waals surface area contributed by atoms with Crippen LogP contribution in [0, 0.1) is 0 Å². The summed E-state index contributed by atoms with van der Waals surface area (Å²) >= 11 is 1.28. The first-order valence-electron chi connectivity index (χ1n) is 8.14. The van der Waals surface area contributed by atoms with Crippen molar-refractivity contribution in [1.82, 2.24) is 0 Å². The van der Waals surface area contributed by atoms with Gasteiger partial charge in [0.1, 0.15) is 14.8 Å². The quantitative estimate of drug-likeness (QED) is 0.692. The van der Waals surface area contributed by atoms with Gasteiger partial charge in [-0.25, -0.2) is 13.2 Å². The summed E-state index contributed by atoms with van der Waals surface area (Å²) in [6, 6.07) is 11.2. The molecule has 0 aliphatic heterocycles. The normalized spacial score (nSPS) is 11.2. The number of amides is 1. The van der Waals surface area contributed by atoms with E-state index < -0.39 is 15.8 Å². The van der Waals surface area contributed by atoms with Crippen molar-refractivity contribution >= 4 is 38.1 Å². The number of anilines is 1. The SMILES string of the molecule is CCOC(=O)c1cc(-c2ccccc2)sc1NC(=O)CCCS(C)(=O)=O. The van der Waals surface area contributed by atoms with E-state index >= 15 is 0 Å². The Kier molecular flexibility index (Phi) is 6.93. The van der Waals surface area contributed by atoms with Crippen LogP contribution in [0.4, 0.5) is 5.00 Å². The lowest BCUT2D eigenvalue weighted by atomic mass is 10.1. The van der Waals surface area contributed by atoms with Gasteiger partial charge < -0.3 is 10.1 Å². The highest BCUT2D eigenvalue weighted by Crippen LogP contribution is 2.36. The van der Waals surface area contributed by atoms with Gasteiger partial charge in [-0.2, -0.15) is 0 Å². The Balaban J connectivity index is 2.18. The summed E-state index contributed by atoms with van der Waals surface area (Å²) in [6.45, 7) is 1.95. The number of rotatable bonds is 8. The van der Waals surface area contributed by atoms with E-state index in [-0.39, 0.29) is 31.1 Å². The summed E-state index contributed by atoms with van der Waals surface area (Å²) < 4.78 is 27.4. The molecule has 6 nitrogen and oxygen atoms in total. The second-order valence-corrected chi connectivity index (χ2v) is 9.03. The van der Waals surface area contributed by atoms with Crippen LogP contribution in [0.3, 0.4) is 0 Å². The maximum absolute atomic E-state index is 12.2. The van der Waals surface area contributed by atoms with Crippen LogP contribution in [-0.4, -0.2) is 38.9 Å². The second-order valence-electron chi connectivity index (χ2n) is 5.72. The predicted octanol–water partition coefficient (Wildman–Crippen LogP) is 3.36. The highest BCUT2D eigenvalue weighted by molar-refractivity contribution is 7.90. The summed E-state index contributed by atoms with van der Waals surface area (Å²) in [5.74, 6) is -0.886. The van der Waals surface area contributed by atoms with Crippen molar-refractivity contribution < 1.29 is 22.7 Å². The van der Waals surface area contributed by atoms with Gasteiger partial charge >= 0.3 is 5.97 Å². The smallest absolute Gasteiger partial charge is 0.341 e. The molecule has 0 saturated heterocycles. The molecular weight excluding hydrogens is 374 g/mol. The Labute approximate surface area is 157 Å². The Morgan fingerprint density at radius 2 is 1.88 bits per heavy atom. The van der Waals surface area contributed by atoms with E-state index in [9.17, 15) is 18.0 Å². The lowest BCUT2D eigenvalue weighted by Gasteiger charge is -2.05. The van der Waals surface area contributed by atoms with E-state index in [1.54, 1.807) is 13.0 Å². The monoisotopic (exact) mass is 395 g/mol. The fourth-order valence-electron chi connectivity index (χ4n) is 2.27. The van der Waals surface area contributed by atoms with Gasteiger partial charge in [-0.1, -0.05) is 30.3 Å². The zero-order valence-electron chi connectivity index (χ0n) is 14.7. The van der Waals surface area contributed by atoms with Crippen LogP contribution in [0.2, 0.25) is 0 Å². The molecule has 0 saturated carbocycles. The molecule has 1 aromatic heterocycles. The Hall–Kier alpha value is -2.19. The van der Waals surface area contributed by atoms with E-state index in [1.807, 2.05) is 30.3 Å². The molecule has 1 N–H and O–H groups in total. The van der Waals surface area contributed by atoms with E-state index in [0.717, 1.165) is 16.7 Å². The number of carbonyl (C=O) groups is 2. The highest BCUT2D eigenvalue weighted by atomic mass is 32.2. The van der Waals surface area contributed by atoms with Crippen molar-refractivity contribution in [3.8, 4) is 10.4 Å². The number of benzene rings is 1. The van der Waals surface area contributed by atoms with Gasteiger partial charge in [0, 0.05) is 17.6 Å². The summed E-state index contributed by atoms with van der Waals surface area (Å²) in [5.41, 5.74) is 1.23. The Morgan fingerprint density at radius 3 is 2.50 bits per heavy atom. The molecule has 0 aliphatic rings. The molecule has 0 aliphatic carbocycles. The molecule has 140 valence electrons. The van der Waals surface area contributed by atoms with Gasteiger partial charge in [-0.15, -0.1) is 11.3 Å². The molecule has 2 rings (SSSR count). The van der Waals surface area contributed by atoms with Crippen LogP contribution in [-0.2, 0) is 19.4 Å². The third-order valence-corrected chi connectivity index (χ3v) is 5.59. The zero-order valence-corrected chi connectivity index (χ0v) is 16.3. The van der Waals surface area contributed by atoms with Crippen LogP contribution in [0.25, 0.3) is 10.4 Å². The largest absolute Gasteiger partial charge is 0.462 e. The number of esters is 1. The lowest BCUT2D eigenvalue weighted by Crippen LogP contribution is -2.15. The minimum atomic E-state index is -3.11. The number of nitrogens with one attached hydrogen (secondary N) is 1. The molecule has 1 amide bonds. The van der Waals surface area contributed by atoms with Crippen molar-refractivity contribution in [2.75, 3.05) is 23.9 Å². The second kappa shape index (κ2) is 8.95. The molecule has 8 heteroatoms. The molecule has 0 fully saturated rings. The summed E-state index contributed by atoms with van der Waals surface area (Å²) in [5, 5.41) is 3.12. The van der Waals surface area contributed by atoms with Crippen LogP contribution in [0.5, 0.6) is 0 Å². The first kappa shape index (κ1) is 20.1. The lowest BCUT2D eigenvalue weighted by molar-refractivity contribution is -0.116. The molecule has 0 spiro atoms. The van der Waals surface area contributed by atoms with Gasteiger partial charge in [-0.05, 0) is 25.0 Å². The fraction of sp³-hybridized carbons (Fsp3) is 0.333. The molecule has 0 radical (unpaired) electrons. The van der Waals surface area contributed by atoms with Crippen LogP contribution < -0.4 is 5.32 Å². The average molecular weight is 396 g/mol. The van der Waals surface area contributed by atoms with Crippen LogP contribution >= 0.6 is 11.3 Å². The highest BCUT2D eigenvalue weighted by Gasteiger charge is 2.20. The van der Waals surface area contributed by atoms with Crippen molar-refractivity contribution in [3.05, 3.63) is 42.0 Å². The third-order valence-electron chi connectivity index (χ3n) is 3.46. The minimum absolute atomic E-state index is 0.0507. The van der Waals surface area contributed by atoms with E-state index in [1.165, 1.54) is 11.3 Å². The molecule has 26 heavy (non-hydrogen) atoms. The average Bonchev–Trinajstić information content (AvgIpc) is 2.98. The number of carbonyl (C=O) groups excluding carboxylic acids is 2. The maximum atomic E-state index is 12.2. The van der Waals surface area contributed by atoms with Crippen LogP contribution in [0.15, 0.2) is 36.4 Å². The first-order valence-corrected chi connectivity index (χ1v) is 11.0. The maximum Gasteiger partial charge on any atom is 0.341 e. The number of thiophene rings is 1. The van der Waals surface area contributed by atoms with E-state index in [0.29, 0.717) is 10.6 Å².